The monoisotopic (exact) mass is 297 g/mol. The molecular weight excluding hydrogens is 278 g/mol. The van der Waals surface area contributed by atoms with Crippen molar-refractivity contribution in [1.29, 1.82) is 5.26 Å². The van der Waals surface area contributed by atoms with Crippen molar-refractivity contribution in [2.45, 2.75) is 33.0 Å². The third kappa shape index (κ3) is 3.23. The number of aromatic nitrogens is 4. The van der Waals surface area contributed by atoms with Gasteiger partial charge in [-0.05, 0) is 12.5 Å². The average molecular weight is 297 g/mol. The van der Waals surface area contributed by atoms with E-state index in [-0.39, 0.29) is 0 Å². The summed E-state index contributed by atoms with van der Waals surface area (Å²) in [4.78, 5) is 11.0. The van der Waals surface area contributed by atoms with Gasteiger partial charge in [0.15, 0.2) is 5.69 Å². The lowest BCUT2D eigenvalue weighted by molar-refractivity contribution is 0.205. The fraction of sp³-hybridized carbons (Fsp3) is 0.467. The maximum Gasteiger partial charge on any atom is 0.222 e. The highest BCUT2D eigenvalue weighted by molar-refractivity contribution is 5.25. The Morgan fingerprint density at radius 3 is 2.86 bits per heavy atom. The van der Waals surface area contributed by atoms with Crippen molar-refractivity contribution < 1.29 is 0 Å². The summed E-state index contributed by atoms with van der Waals surface area (Å²) in [6.07, 6.45) is 4.80. The van der Waals surface area contributed by atoms with Crippen LogP contribution in [0, 0.1) is 11.3 Å². The van der Waals surface area contributed by atoms with Crippen LogP contribution in [0.15, 0.2) is 18.5 Å². The van der Waals surface area contributed by atoms with E-state index in [1.54, 1.807) is 0 Å². The highest BCUT2D eigenvalue weighted by atomic mass is 15.3. The molecule has 2 aromatic rings. The molecule has 22 heavy (non-hydrogen) atoms. The third-order valence-corrected chi connectivity index (χ3v) is 3.64. The van der Waals surface area contributed by atoms with Gasteiger partial charge in [-0.3, -0.25) is 9.58 Å². The molecule has 1 aliphatic heterocycles. The minimum atomic E-state index is 0.492. The summed E-state index contributed by atoms with van der Waals surface area (Å²) in [5, 5.41) is 16.3. The predicted molar refractivity (Wildman–Crippen MR) is 81.9 cm³/mol. The maximum atomic E-state index is 8.91. The predicted octanol–water partition coefficient (Wildman–Crippen LogP) is 1.38. The van der Waals surface area contributed by atoms with Gasteiger partial charge in [0, 0.05) is 44.1 Å². The molecule has 0 atom stereocenters. The van der Waals surface area contributed by atoms with Crippen LogP contribution in [0.25, 0.3) is 0 Å². The van der Waals surface area contributed by atoms with Crippen LogP contribution in [0.4, 0.5) is 5.95 Å². The van der Waals surface area contributed by atoms with E-state index in [2.05, 4.69) is 38.3 Å². The van der Waals surface area contributed by atoms with Gasteiger partial charge in [0.2, 0.25) is 5.95 Å². The Bertz CT molecular complexity index is 668. The molecule has 0 saturated carbocycles. The van der Waals surface area contributed by atoms with Crippen LogP contribution >= 0.6 is 0 Å². The number of rotatable bonds is 5. The molecular formula is C15H19N7. The first-order valence-corrected chi connectivity index (χ1v) is 7.52. The first kappa shape index (κ1) is 14.5. The SMILES string of the molecule is CCCNc1ncc(CN2CCn3nc(C#N)cc3C2)cn1. The highest BCUT2D eigenvalue weighted by Gasteiger charge is 2.18. The number of hydrogen-bond acceptors (Lipinski definition) is 6. The molecule has 0 unspecified atom stereocenters. The Morgan fingerprint density at radius 2 is 2.14 bits per heavy atom. The number of hydrogen-bond donors (Lipinski definition) is 1. The van der Waals surface area contributed by atoms with Crippen molar-refractivity contribution >= 4 is 5.95 Å². The minimum Gasteiger partial charge on any atom is -0.354 e. The molecule has 0 amide bonds. The fourth-order valence-corrected chi connectivity index (χ4v) is 2.53. The Kier molecular flexibility index (Phi) is 4.30. The van der Waals surface area contributed by atoms with E-state index in [1.165, 1.54) is 0 Å². The summed E-state index contributed by atoms with van der Waals surface area (Å²) < 4.78 is 1.92. The van der Waals surface area contributed by atoms with E-state index in [4.69, 9.17) is 5.26 Å². The molecule has 114 valence electrons. The number of nitrogens with zero attached hydrogens (tertiary/aromatic N) is 6. The van der Waals surface area contributed by atoms with Gasteiger partial charge in [-0.25, -0.2) is 9.97 Å². The van der Waals surface area contributed by atoms with Gasteiger partial charge in [-0.2, -0.15) is 10.4 Å². The lowest BCUT2D eigenvalue weighted by atomic mass is 10.2. The van der Waals surface area contributed by atoms with E-state index in [0.717, 1.165) is 50.4 Å². The van der Waals surface area contributed by atoms with Crippen molar-refractivity contribution in [1.82, 2.24) is 24.6 Å². The lowest BCUT2D eigenvalue weighted by Gasteiger charge is -2.27. The van der Waals surface area contributed by atoms with Gasteiger partial charge < -0.3 is 5.32 Å². The van der Waals surface area contributed by atoms with Crippen molar-refractivity contribution in [3.8, 4) is 6.07 Å². The van der Waals surface area contributed by atoms with Gasteiger partial charge >= 0.3 is 0 Å². The summed E-state index contributed by atoms with van der Waals surface area (Å²) in [6, 6.07) is 3.96. The van der Waals surface area contributed by atoms with E-state index in [9.17, 15) is 0 Å². The van der Waals surface area contributed by atoms with Gasteiger partial charge in [0.05, 0.1) is 12.2 Å². The van der Waals surface area contributed by atoms with E-state index in [1.807, 2.05) is 23.1 Å². The van der Waals surface area contributed by atoms with Gasteiger partial charge in [-0.1, -0.05) is 6.92 Å². The topological polar surface area (TPSA) is 82.7 Å². The van der Waals surface area contributed by atoms with Crippen LogP contribution in [0.1, 0.15) is 30.3 Å². The van der Waals surface area contributed by atoms with Gasteiger partial charge in [0.1, 0.15) is 6.07 Å². The molecule has 0 saturated heterocycles. The highest BCUT2D eigenvalue weighted by Crippen LogP contribution is 2.15. The molecule has 3 heterocycles. The Hall–Kier alpha value is -2.46. The zero-order chi connectivity index (χ0) is 15.4. The second kappa shape index (κ2) is 6.54. The summed E-state index contributed by atoms with van der Waals surface area (Å²) in [6.45, 7) is 6.33. The first-order chi connectivity index (χ1) is 10.8. The fourth-order valence-electron chi connectivity index (χ4n) is 2.53. The quantitative estimate of drug-likeness (QED) is 0.898. The minimum absolute atomic E-state index is 0.492. The molecule has 3 rings (SSSR count). The average Bonchev–Trinajstić information content (AvgIpc) is 2.96. The molecule has 0 fully saturated rings. The second-order valence-electron chi connectivity index (χ2n) is 5.41. The Labute approximate surface area is 129 Å². The van der Waals surface area contributed by atoms with Crippen molar-refractivity contribution in [2.24, 2.45) is 0 Å². The summed E-state index contributed by atoms with van der Waals surface area (Å²) in [7, 11) is 0. The maximum absolute atomic E-state index is 8.91. The first-order valence-electron chi connectivity index (χ1n) is 7.52. The number of nitrogens with one attached hydrogen (secondary N) is 1. The van der Waals surface area contributed by atoms with Crippen LogP contribution in [0.3, 0.4) is 0 Å². The molecule has 0 radical (unpaired) electrons. The molecule has 1 aliphatic rings. The summed E-state index contributed by atoms with van der Waals surface area (Å²) in [5.74, 6) is 0.681. The third-order valence-electron chi connectivity index (χ3n) is 3.64. The molecule has 0 bridgehead atoms. The van der Waals surface area contributed by atoms with Gasteiger partial charge in [-0.15, -0.1) is 0 Å². The molecule has 7 nitrogen and oxygen atoms in total. The molecule has 1 N–H and O–H groups in total. The number of fused-ring (bicyclic) bond motifs is 1. The second-order valence-corrected chi connectivity index (χ2v) is 5.41. The summed E-state index contributed by atoms with van der Waals surface area (Å²) >= 11 is 0. The normalized spacial score (nSPS) is 14.4. The largest absolute Gasteiger partial charge is 0.354 e. The van der Waals surface area contributed by atoms with E-state index < -0.39 is 0 Å². The standard InChI is InChI=1S/C15H19N7/c1-2-3-17-15-18-8-12(9-19-15)10-21-4-5-22-14(11-21)6-13(7-16)20-22/h6,8-9H,2-5,10-11H2,1H3,(H,17,18,19). The smallest absolute Gasteiger partial charge is 0.222 e. The Balaban J connectivity index is 1.61. The van der Waals surface area contributed by atoms with Crippen LogP contribution in [0.2, 0.25) is 0 Å². The Morgan fingerprint density at radius 1 is 1.32 bits per heavy atom. The van der Waals surface area contributed by atoms with Crippen LogP contribution < -0.4 is 5.32 Å². The zero-order valence-electron chi connectivity index (χ0n) is 12.7. The zero-order valence-corrected chi connectivity index (χ0v) is 12.7. The summed E-state index contributed by atoms with van der Waals surface area (Å²) in [5.41, 5.74) is 2.67. The van der Waals surface area contributed by atoms with Crippen LogP contribution in [-0.2, 0) is 19.6 Å². The molecule has 0 aliphatic carbocycles. The molecule has 2 aromatic heterocycles. The lowest BCUT2D eigenvalue weighted by Crippen LogP contribution is -2.33. The van der Waals surface area contributed by atoms with Crippen molar-refractivity contribution in [2.75, 3.05) is 18.4 Å². The molecule has 0 aromatic carbocycles. The molecule has 0 spiro atoms. The van der Waals surface area contributed by atoms with Crippen molar-refractivity contribution in [3.05, 3.63) is 35.4 Å². The van der Waals surface area contributed by atoms with Gasteiger partial charge in [0.25, 0.3) is 0 Å². The number of nitriles is 1. The number of anilines is 1. The molecule has 7 heteroatoms. The van der Waals surface area contributed by atoms with Crippen LogP contribution in [-0.4, -0.2) is 37.7 Å². The van der Waals surface area contributed by atoms with E-state index in [0.29, 0.717) is 11.6 Å². The van der Waals surface area contributed by atoms with Crippen molar-refractivity contribution in [3.63, 3.8) is 0 Å². The van der Waals surface area contributed by atoms with E-state index >= 15 is 0 Å². The van der Waals surface area contributed by atoms with Crippen LogP contribution in [0.5, 0.6) is 0 Å².